The van der Waals surface area contributed by atoms with Crippen LogP contribution < -0.4 is 14.8 Å². The van der Waals surface area contributed by atoms with Gasteiger partial charge < -0.3 is 25.0 Å². The summed E-state index contributed by atoms with van der Waals surface area (Å²) in [7, 11) is 0. The van der Waals surface area contributed by atoms with E-state index in [4.69, 9.17) is 19.7 Å². The second-order valence-corrected chi connectivity index (χ2v) is 4.16. The van der Waals surface area contributed by atoms with Crippen LogP contribution in [0.2, 0.25) is 0 Å². The highest BCUT2D eigenvalue weighted by Gasteiger charge is 2.19. The van der Waals surface area contributed by atoms with E-state index < -0.39 is 17.9 Å². The first-order valence-corrected chi connectivity index (χ1v) is 6.55. The molecule has 0 fully saturated rings. The molecular formula is C14H19NO6. The number of carbonyl (C=O) groups excluding carboxylic acids is 1. The van der Waals surface area contributed by atoms with Crippen molar-refractivity contribution in [3.8, 4) is 11.5 Å². The van der Waals surface area contributed by atoms with Crippen molar-refractivity contribution in [3.05, 3.63) is 24.3 Å². The Labute approximate surface area is 122 Å². The van der Waals surface area contributed by atoms with E-state index in [2.05, 4.69) is 5.32 Å². The molecule has 0 unspecified atom stereocenters. The second kappa shape index (κ2) is 8.80. The Hall–Kier alpha value is -2.28. The lowest BCUT2D eigenvalue weighted by molar-refractivity contribution is -0.142. The third-order valence-electron chi connectivity index (χ3n) is 2.56. The van der Waals surface area contributed by atoms with Crippen LogP contribution in [0, 0.1) is 0 Å². The molecule has 0 spiro atoms. The minimum Gasteiger partial charge on any atom is -0.494 e. The van der Waals surface area contributed by atoms with Crippen molar-refractivity contribution in [2.75, 3.05) is 19.8 Å². The zero-order chi connectivity index (χ0) is 15.7. The molecule has 0 aliphatic rings. The number of carbonyl (C=O) groups is 2. The summed E-state index contributed by atoms with van der Waals surface area (Å²) in [6, 6.07) is 5.61. The molecule has 0 aliphatic carbocycles. The predicted octanol–water partition coefficient (Wildman–Crippen LogP) is 0.416. The lowest BCUT2D eigenvalue weighted by atomic mass is 10.2. The Morgan fingerprint density at radius 1 is 1.19 bits per heavy atom. The van der Waals surface area contributed by atoms with Crippen LogP contribution in [0.25, 0.3) is 0 Å². The summed E-state index contributed by atoms with van der Waals surface area (Å²) >= 11 is 0. The lowest BCUT2D eigenvalue weighted by Gasteiger charge is -2.13. The van der Waals surface area contributed by atoms with Crippen LogP contribution in [0.15, 0.2) is 24.3 Å². The highest BCUT2D eigenvalue weighted by atomic mass is 16.5. The fraction of sp³-hybridized carbons (Fsp3) is 0.429. The van der Waals surface area contributed by atoms with Gasteiger partial charge in [0.2, 0.25) is 0 Å². The summed E-state index contributed by atoms with van der Waals surface area (Å²) in [6.45, 7) is 1.81. The fourth-order valence-electron chi connectivity index (χ4n) is 1.57. The fourth-order valence-corrected chi connectivity index (χ4v) is 1.57. The van der Waals surface area contributed by atoms with E-state index >= 15 is 0 Å². The van der Waals surface area contributed by atoms with E-state index in [9.17, 15) is 9.59 Å². The Morgan fingerprint density at radius 2 is 1.76 bits per heavy atom. The highest BCUT2D eigenvalue weighted by molar-refractivity contribution is 5.84. The van der Waals surface area contributed by atoms with Gasteiger partial charge in [-0.25, -0.2) is 4.79 Å². The molecule has 7 nitrogen and oxygen atoms in total. The lowest BCUT2D eigenvalue weighted by Crippen LogP contribution is -2.43. The molecule has 3 N–H and O–H groups in total. The first-order chi connectivity index (χ1) is 10.1. The number of amides is 1. The van der Waals surface area contributed by atoms with Crippen LogP contribution in [-0.4, -0.2) is 48.0 Å². The summed E-state index contributed by atoms with van der Waals surface area (Å²) in [6.07, 6.45) is -0.0515. The Bertz CT molecular complexity index is 459. The number of benzene rings is 1. The molecule has 116 valence electrons. The largest absolute Gasteiger partial charge is 0.494 e. The molecule has 21 heavy (non-hydrogen) atoms. The number of aliphatic hydroxyl groups is 1. The smallest absolute Gasteiger partial charge is 0.326 e. The van der Waals surface area contributed by atoms with Gasteiger partial charge in [-0.1, -0.05) is 0 Å². The summed E-state index contributed by atoms with van der Waals surface area (Å²) in [5.41, 5.74) is 0. The number of carboxylic acid groups (broad SMARTS) is 1. The van der Waals surface area contributed by atoms with E-state index in [1.165, 1.54) is 0 Å². The van der Waals surface area contributed by atoms with Crippen molar-refractivity contribution in [2.45, 2.75) is 19.4 Å². The Balaban J connectivity index is 2.43. The van der Waals surface area contributed by atoms with Crippen molar-refractivity contribution >= 4 is 11.9 Å². The maximum absolute atomic E-state index is 11.6. The molecule has 0 heterocycles. The number of nitrogens with one attached hydrogen (secondary N) is 1. The number of aliphatic hydroxyl groups excluding tert-OH is 1. The third-order valence-corrected chi connectivity index (χ3v) is 2.56. The summed E-state index contributed by atoms with van der Waals surface area (Å²) in [5, 5.41) is 19.8. The standard InChI is InChI=1S/C14H19NO6/c1-2-20-10-3-5-11(6-4-10)21-9-13(17)15-12(7-8-16)14(18)19/h3-6,12,16H,2,7-9H2,1H3,(H,15,17)(H,18,19)/t12-/m1/s1. The first-order valence-electron chi connectivity index (χ1n) is 6.55. The second-order valence-electron chi connectivity index (χ2n) is 4.16. The van der Waals surface area contributed by atoms with Crippen LogP contribution in [0.1, 0.15) is 13.3 Å². The van der Waals surface area contributed by atoms with Crippen molar-refractivity contribution in [3.63, 3.8) is 0 Å². The Kier molecular flexibility index (Phi) is 7.03. The van der Waals surface area contributed by atoms with E-state index in [0.29, 0.717) is 18.1 Å². The van der Waals surface area contributed by atoms with E-state index in [-0.39, 0.29) is 19.6 Å². The van der Waals surface area contributed by atoms with Crippen molar-refractivity contribution in [1.29, 1.82) is 0 Å². The minimum absolute atomic E-state index is 0.0515. The maximum Gasteiger partial charge on any atom is 0.326 e. The van der Waals surface area contributed by atoms with Crippen molar-refractivity contribution in [2.24, 2.45) is 0 Å². The summed E-state index contributed by atoms with van der Waals surface area (Å²) < 4.78 is 10.5. The SMILES string of the molecule is CCOc1ccc(OCC(=O)N[C@H](CCO)C(=O)O)cc1. The number of hydrogen-bond donors (Lipinski definition) is 3. The van der Waals surface area contributed by atoms with E-state index in [1.807, 2.05) is 6.92 Å². The molecule has 1 aromatic rings. The number of hydrogen-bond acceptors (Lipinski definition) is 5. The molecule has 1 atom stereocenters. The van der Waals surface area contributed by atoms with Gasteiger partial charge in [-0.15, -0.1) is 0 Å². The molecule has 0 aliphatic heterocycles. The molecule has 0 aromatic heterocycles. The number of rotatable bonds is 9. The van der Waals surface area contributed by atoms with Gasteiger partial charge in [0, 0.05) is 13.0 Å². The van der Waals surface area contributed by atoms with Gasteiger partial charge in [0.15, 0.2) is 6.61 Å². The average Bonchev–Trinajstić information content (AvgIpc) is 2.46. The topological polar surface area (TPSA) is 105 Å². The molecule has 0 radical (unpaired) electrons. The number of carboxylic acids is 1. The van der Waals surface area contributed by atoms with Crippen molar-refractivity contribution in [1.82, 2.24) is 5.32 Å². The molecule has 1 amide bonds. The quantitative estimate of drug-likeness (QED) is 0.610. The van der Waals surface area contributed by atoms with Gasteiger partial charge >= 0.3 is 5.97 Å². The minimum atomic E-state index is -1.20. The van der Waals surface area contributed by atoms with Gasteiger partial charge in [-0.05, 0) is 31.2 Å². The predicted molar refractivity (Wildman–Crippen MR) is 74.4 cm³/mol. The first kappa shape index (κ1) is 16.8. The molecule has 0 saturated carbocycles. The van der Waals surface area contributed by atoms with Gasteiger partial charge in [0.05, 0.1) is 6.61 Å². The Morgan fingerprint density at radius 3 is 2.24 bits per heavy atom. The summed E-state index contributed by atoms with van der Waals surface area (Å²) in [4.78, 5) is 22.4. The maximum atomic E-state index is 11.6. The van der Waals surface area contributed by atoms with Crippen LogP contribution in [0.3, 0.4) is 0 Å². The van der Waals surface area contributed by atoms with Gasteiger partial charge in [0.1, 0.15) is 17.5 Å². The summed E-state index contributed by atoms with van der Waals surface area (Å²) in [5.74, 6) is -0.589. The zero-order valence-corrected chi connectivity index (χ0v) is 11.7. The zero-order valence-electron chi connectivity index (χ0n) is 11.7. The third kappa shape index (κ3) is 6.13. The molecule has 0 bridgehead atoms. The molecular weight excluding hydrogens is 278 g/mol. The van der Waals surface area contributed by atoms with Gasteiger partial charge in [0.25, 0.3) is 5.91 Å². The average molecular weight is 297 g/mol. The normalized spacial score (nSPS) is 11.5. The van der Waals surface area contributed by atoms with E-state index in [0.717, 1.165) is 0 Å². The molecule has 7 heteroatoms. The number of ether oxygens (including phenoxy) is 2. The van der Waals surface area contributed by atoms with Crippen LogP contribution in [0.5, 0.6) is 11.5 Å². The van der Waals surface area contributed by atoms with Crippen molar-refractivity contribution < 1.29 is 29.3 Å². The van der Waals surface area contributed by atoms with Crippen LogP contribution in [0.4, 0.5) is 0 Å². The van der Waals surface area contributed by atoms with Crippen LogP contribution >= 0.6 is 0 Å². The van der Waals surface area contributed by atoms with Crippen LogP contribution in [-0.2, 0) is 9.59 Å². The van der Waals surface area contributed by atoms with E-state index in [1.54, 1.807) is 24.3 Å². The molecule has 1 rings (SSSR count). The number of aliphatic carboxylic acids is 1. The molecule has 0 saturated heterocycles. The monoisotopic (exact) mass is 297 g/mol. The van der Waals surface area contributed by atoms with Gasteiger partial charge in [-0.3, -0.25) is 4.79 Å². The van der Waals surface area contributed by atoms with Gasteiger partial charge in [-0.2, -0.15) is 0 Å². The highest BCUT2D eigenvalue weighted by Crippen LogP contribution is 2.17. The molecule has 1 aromatic carbocycles.